The number of carbonyl (C=O) groups is 1. The Hall–Kier alpha value is -3.40. The van der Waals surface area contributed by atoms with Gasteiger partial charge in [-0.25, -0.2) is 13.4 Å². The molecule has 0 radical (unpaired) electrons. The molecule has 3 rings (SSSR count). The zero-order valence-electron chi connectivity index (χ0n) is 18.9. The lowest BCUT2D eigenvalue weighted by Crippen LogP contribution is -2.16. The summed E-state index contributed by atoms with van der Waals surface area (Å²) in [5.41, 5.74) is -0.691. The molecule has 0 bridgehead atoms. The lowest BCUT2D eigenvalue weighted by atomic mass is 9.86. The summed E-state index contributed by atoms with van der Waals surface area (Å²) in [7, 11) is -3.50. The maximum Gasteiger partial charge on any atom is 0.437 e. The molecular weight excluding hydrogens is 469 g/mol. The van der Waals surface area contributed by atoms with Crippen molar-refractivity contribution in [2.75, 3.05) is 11.6 Å². The summed E-state index contributed by atoms with van der Waals surface area (Å²) in [5, 5.41) is 2.58. The van der Waals surface area contributed by atoms with Crippen LogP contribution in [0.2, 0.25) is 0 Å². The number of pyridine rings is 1. The summed E-state index contributed by atoms with van der Waals surface area (Å²) in [4.78, 5) is 16.4. The van der Waals surface area contributed by atoms with E-state index in [9.17, 15) is 26.4 Å². The lowest BCUT2D eigenvalue weighted by molar-refractivity contribution is -0.142. The van der Waals surface area contributed by atoms with Gasteiger partial charge in [-0.15, -0.1) is 0 Å². The molecule has 180 valence electrons. The Morgan fingerprint density at radius 3 is 2.29 bits per heavy atom. The Kier molecular flexibility index (Phi) is 6.75. The van der Waals surface area contributed by atoms with E-state index in [4.69, 9.17) is 4.74 Å². The number of alkyl halides is 3. The van der Waals surface area contributed by atoms with Crippen LogP contribution in [0.4, 0.5) is 18.9 Å². The minimum atomic E-state index is -4.76. The predicted molar refractivity (Wildman–Crippen MR) is 122 cm³/mol. The van der Waals surface area contributed by atoms with E-state index in [1.54, 1.807) is 6.07 Å². The molecular formula is C24H23F3N2O4S. The van der Waals surface area contributed by atoms with Crippen molar-refractivity contribution in [2.24, 2.45) is 0 Å². The number of hydrogen-bond donors (Lipinski definition) is 1. The first kappa shape index (κ1) is 25.2. The van der Waals surface area contributed by atoms with Gasteiger partial charge in [-0.2, -0.15) is 13.2 Å². The number of anilines is 1. The predicted octanol–water partition coefficient (Wildman–Crippen LogP) is 5.85. The number of carbonyl (C=O) groups excluding carboxylic acids is 1. The van der Waals surface area contributed by atoms with Crippen molar-refractivity contribution < 1.29 is 31.1 Å². The second-order valence-electron chi connectivity index (χ2n) is 8.67. The molecule has 1 heterocycles. The highest BCUT2D eigenvalue weighted by atomic mass is 32.2. The Labute approximate surface area is 195 Å². The van der Waals surface area contributed by atoms with Gasteiger partial charge >= 0.3 is 6.18 Å². The molecule has 0 saturated carbocycles. The molecule has 0 spiro atoms. The highest BCUT2D eigenvalue weighted by molar-refractivity contribution is 7.90. The summed E-state index contributed by atoms with van der Waals surface area (Å²) in [6, 6.07) is 12.7. The van der Waals surface area contributed by atoms with Gasteiger partial charge in [-0.1, -0.05) is 32.9 Å². The van der Waals surface area contributed by atoms with Gasteiger partial charge in [0.15, 0.2) is 21.3 Å². The number of benzene rings is 2. The first-order chi connectivity index (χ1) is 15.7. The SMILES string of the molecule is CC(C)(C)c1ccc(C(=O)Nc2cccc(S(C)(=O)=O)c2)c(Oc2cccnc2C(F)(F)F)c1. The maximum absolute atomic E-state index is 13.4. The van der Waals surface area contributed by atoms with Crippen molar-refractivity contribution in [3.8, 4) is 11.5 Å². The van der Waals surface area contributed by atoms with Crippen LogP contribution in [-0.2, 0) is 21.4 Å². The number of ether oxygens (including phenoxy) is 1. The Bertz CT molecular complexity index is 1330. The smallest absolute Gasteiger partial charge is 0.437 e. The number of amides is 1. The number of aromatic nitrogens is 1. The first-order valence-corrected chi connectivity index (χ1v) is 12.0. The molecule has 3 aromatic rings. The van der Waals surface area contributed by atoms with E-state index in [0.29, 0.717) is 0 Å². The maximum atomic E-state index is 13.4. The quantitative estimate of drug-likeness (QED) is 0.483. The summed E-state index contributed by atoms with van der Waals surface area (Å²) in [6.07, 6.45) is -2.71. The molecule has 2 aromatic carbocycles. The van der Waals surface area contributed by atoms with Crippen molar-refractivity contribution in [3.05, 3.63) is 77.6 Å². The minimum Gasteiger partial charge on any atom is -0.454 e. The zero-order valence-corrected chi connectivity index (χ0v) is 19.7. The second-order valence-corrected chi connectivity index (χ2v) is 10.7. The van der Waals surface area contributed by atoms with Gasteiger partial charge in [-0.05, 0) is 53.4 Å². The fourth-order valence-corrected chi connectivity index (χ4v) is 3.73. The number of nitrogens with zero attached hydrogens (tertiary/aromatic N) is 1. The summed E-state index contributed by atoms with van der Waals surface area (Å²) in [5.74, 6) is -1.32. The third-order valence-corrected chi connectivity index (χ3v) is 5.98. The minimum absolute atomic E-state index is 0.00929. The fourth-order valence-electron chi connectivity index (χ4n) is 3.07. The normalized spacial score (nSPS) is 12.3. The number of halogens is 3. The van der Waals surface area contributed by atoms with E-state index in [1.807, 2.05) is 20.8 Å². The van der Waals surface area contributed by atoms with Gasteiger partial charge in [0, 0.05) is 18.1 Å². The van der Waals surface area contributed by atoms with Gasteiger partial charge < -0.3 is 10.1 Å². The molecule has 10 heteroatoms. The van der Waals surface area contributed by atoms with E-state index in [0.717, 1.165) is 24.1 Å². The molecule has 0 fully saturated rings. The van der Waals surface area contributed by atoms with E-state index in [-0.39, 0.29) is 27.3 Å². The Morgan fingerprint density at radius 2 is 1.68 bits per heavy atom. The Balaban J connectivity index is 2.04. The fraction of sp³-hybridized carbons (Fsp3) is 0.250. The van der Waals surface area contributed by atoms with E-state index < -0.39 is 33.4 Å². The number of rotatable bonds is 5. The van der Waals surface area contributed by atoms with Crippen molar-refractivity contribution in [3.63, 3.8) is 0 Å². The molecule has 1 amide bonds. The first-order valence-electron chi connectivity index (χ1n) is 10.1. The van der Waals surface area contributed by atoms with Crippen LogP contribution < -0.4 is 10.1 Å². The second kappa shape index (κ2) is 9.09. The summed E-state index contributed by atoms with van der Waals surface area (Å²) < 4.78 is 69.5. The standard InChI is InChI=1S/C24H23F3N2O4S/c1-23(2,3)15-10-11-18(22(30)29-16-7-5-8-17(14-16)34(4,31)32)20(13-15)33-19-9-6-12-28-21(19)24(25,26)27/h5-14H,1-4H3,(H,29,30). The molecule has 0 atom stereocenters. The average Bonchev–Trinajstić information content (AvgIpc) is 2.72. The van der Waals surface area contributed by atoms with Crippen molar-refractivity contribution in [1.29, 1.82) is 0 Å². The summed E-state index contributed by atoms with van der Waals surface area (Å²) in [6.45, 7) is 5.73. The van der Waals surface area contributed by atoms with Crippen LogP contribution in [-0.4, -0.2) is 25.6 Å². The van der Waals surface area contributed by atoms with E-state index >= 15 is 0 Å². The van der Waals surface area contributed by atoms with Gasteiger partial charge in [0.05, 0.1) is 10.5 Å². The van der Waals surface area contributed by atoms with E-state index in [1.165, 1.54) is 42.5 Å². The molecule has 0 aliphatic heterocycles. The van der Waals surface area contributed by atoms with Crippen LogP contribution in [0, 0.1) is 0 Å². The van der Waals surface area contributed by atoms with Crippen LogP contribution in [0.15, 0.2) is 65.7 Å². The molecule has 1 aromatic heterocycles. The monoisotopic (exact) mass is 492 g/mol. The highest BCUT2D eigenvalue weighted by Gasteiger charge is 2.36. The lowest BCUT2D eigenvalue weighted by Gasteiger charge is -2.22. The van der Waals surface area contributed by atoms with Gasteiger partial charge in [-0.3, -0.25) is 4.79 Å². The number of hydrogen-bond acceptors (Lipinski definition) is 5. The molecule has 0 aliphatic carbocycles. The van der Waals surface area contributed by atoms with Crippen LogP contribution in [0.1, 0.15) is 42.4 Å². The zero-order chi connectivity index (χ0) is 25.3. The van der Waals surface area contributed by atoms with Gasteiger partial charge in [0.1, 0.15) is 5.75 Å². The van der Waals surface area contributed by atoms with Crippen LogP contribution in [0.25, 0.3) is 0 Å². The third-order valence-electron chi connectivity index (χ3n) is 4.87. The van der Waals surface area contributed by atoms with Crippen LogP contribution in [0.3, 0.4) is 0 Å². The third kappa shape index (κ3) is 5.93. The van der Waals surface area contributed by atoms with Crippen molar-refractivity contribution >= 4 is 21.4 Å². The van der Waals surface area contributed by atoms with E-state index in [2.05, 4.69) is 10.3 Å². The molecule has 0 unspecified atom stereocenters. The number of sulfone groups is 1. The molecule has 6 nitrogen and oxygen atoms in total. The average molecular weight is 493 g/mol. The molecule has 34 heavy (non-hydrogen) atoms. The topological polar surface area (TPSA) is 85.4 Å². The molecule has 0 aliphatic rings. The molecule has 1 N–H and O–H groups in total. The van der Waals surface area contributed by atoms with Gasteiger partial charge in [0.2, 0.25) is 0 Å². The number of nitrogens with one attached hydrogen (secondary N) is 1. The van der Waals surface area contributed by atoms with Crippen molar-refractivity contribution in [1.82, 2.24) is 4.98 Å². The van der Waals surface area contributed by atoms with Gasteiger partial charge in [0.25, 0.3) is 5.91 Å². The molecule has 0 saturated heterocycles. The largest absolute Gasteiger partial charge is 0.454 e. The van der Waals surface area contributed by atoms with Crippen LogP contribution in [0.5, 0.6) is 11.5 Å². The highest BCUT2D eigenvalue weighted by Crippen LogP contribution is 2.38. The Morgan fingerprint density at radius 1 is 0.971 bits per heavy atom. The summed E-state index contributed by atoms with van der Waals surface area (Å²) >= 11 is 0. The van der Waals surface area contributed by atoms with Crippen LogP contribution >= 0.6 is 0 Å². The van der Waals surface area contributed by atoms with Crippen molar-refractivity contribution in [2.45, 2.75) is 37.3 Å².